The summed E-state index contributed by atoms with van der Waals surface area (Å²) < 4.78 is 0. The monoisotopic (exact) mass is 544 g/mol. The summed E-state index contributed by atoms with van der Waals surface area (Å²) in [5.74, 6) is 5.81. The van der Waals surface area contributed by atoms with Crippen molar-refractivity contribution >= 4 is 0 Å². The van der Waals surface area contributed by atoms with Gasteiger partial charge in [-0.15, -0.1) is 0 Å². The molecule has 8 atom stereocenters. The molecule has 0 aromatic rings. The second-order valence-electron chi connectivity index (χ2n) is 16.2. The maximum absolute atomic E-state index is 10.4. The lowest BCUT2D eigenvalue weighted by Crippen LogP contribution is -2.56. The Hall–Kier alpha value is -0.120. The summed E-state index contributed by atoms with van der Waals surface area (Å²) in [5, 5.41) is 20.8. The Balaban J connectivity index is 1.40. The molecule has 0 bridgehead atoms. The Kier molecular flexibility index (Phi) is 10.1. The smallest absolute Gasteiger partial charge is 0.0540 e. The number of aliphatic hydroxyl groups is 2. The van der Waals surface area contributed by atoms with Crippen molar-refractivity contribution in [1.82, 2.24) is 4.90 Å². The van der Waals surface area contributed by atoms with Crippen LogP contribution in [0.15, 0.2) is 0 Å². The first-order valence-corrected chi connectivity index (χ1v) is 17.8. The topological polar surface area (TPSA) is 43.7 Å². The van der Waals surface area contributed by atoms with Crippen LogP contribution < -0.4 is 0 Å². The first-order valence-electron chi connectivity index (χ1n) is 17.8. The van der Waals surface area contributed by atoms with Gasteiger partial charge < -0.3 is 10.2 Å². The van der Waals surface area contributed by atoms with Crippen LogP contribution in [0, 0.1) is 46.8 Å². The summed E-state index contributed by atoms with van der Waals surface area (Å²) in [4.78, 5) is 3.20. The number of aliphatic hydroxyl groups excluding tert-OH is 2. The lowest BCUT2D eigenvalue weighted by Gasteiger charge is -2.57. The van der Waals surface area contributed by atoms with E-state index < -0.39 is 0 Å². The second kappa shape index (κ2) is 13.0. The first-order chi connectivity index (χ1) is 18.7. The zero-order valence-corrected chi connectivity index (χ0v) is 26.5. The summed E-state index contributed by atoms with van der Waals surface area (Å²) in [6.07, 6.45) is 22.9. The molecular formula is C36H65NO2. The van der Waals surface area contributed by atoms with E-state index in [1.165, 1.54) is 89.9 Å². The summed E-state index contributed by atoms with van der Waals surface area (Å²) >= 11 is 0. The highest BCUT2D eigenvalue weighted by Gasteiger charge is 2.51. The van der Waals surface area contributed by atoms with Gasteiger partial charge in [-0.25, -0.2) is 0 Å². The molecule has 2 N–H and O–H groups in total. The molecule has 0 aliphatic heterocycles. The molecule has 226 valence electrons. The van der Waals surface area contributed by atoms with E-state index >= 15 is 0 Å². The van der Waals surface area contributed by atoms with Crippen molar-refractivity contribution in [2.45, 2.75) is 181 Å². The summed E-state index contributed by atoms with van der Waals surface area (Å²) in [6.45, 7) is 12.8. The molecule has 0 radical (unpaired) electrons. The molecule has 0 aromatic carbocycles. The standard InChI is InChI=1S/C36H65NO2/c1-24-9-15-32(21-26(24)3)37(33-16-10-25(2)27(4)22-33)31-8-6-7-30(23-31)36(5,28-11-17-34(38)18-12-28)29-13-19-35(39)20-14-29/h24-35,38-39H,6-23H2,1-5H3. The number of hydrogen-bond acceptors (Lipinski definition) is 3. The average molecular weight is 544 g/mol. The second-order valence-corrected chi connectivity index (χ2v) is 16.2. The molecule has 0 amide bonds. The van der Waals surface area contributed by atoms with E-state index in [0.717, 1.165) is 85.2 Å². The van der Waals surface area contributed by atoms with Gasteiger partial charge in [-0.3, -0.25) is 4.90 Å². The largest absolute Gasteiger partial charge is 0.393 e. The minimum absolute atomic E-state index is 0.0698. The fourth-order valence-electron chi connectivity index (χ4n) is 10.9. The lowest BCUT2D eigenvalue weighted by atomic mass is 9.51. The highest BCUT2D eigenvalue weighted by Crippen LogP contribution is 2.57. The van der Waals surface area contributed by atoms with Crippen LogP contribution in [0.5, 0.6) is 0 Å². The van der Waals surface area contributed by atoms with Gasteiger partial charge in [0.1, 0.15) is 0 Å². The third-order valence-electron chi connectivity index (χ3n) is 14.1. The molecule has 8 unspecified atom stereocenters. The van der Waals surface area contributed by atoms with Gasteiger partial charge >= 0.3 is 0 Å². The van der Waals surface area contributed by atoms with Crippen LogP contribution in [0.25, 0.3) is 0 Å². The van der Waals surface area contributed by atoms with Gasteiger partial charge in [-0.1, -0.05) is 41.0 Å². The van der Waals surface area contributed by atoms with Crippen molar-refractivity contribution in [3.05, 3.63) is 0 Å². The van der Waals surface area contributed by atoms with Crippen LogP contribution in [0.3, 0.4) is 0 Å². The van der Waals surface area contributed by atoms with Crippen molar-refractivity contribution in [2.75, 3.05) is 0 Å². The molecule has 3 heteroatoms. The number of nitrogens with zero attached hydrogens (tertiary/aromatic N) is 1. The SMILES string of the molecule is CC1CCC(N(C2CCC(C)C(C)C2)C2CCCC(C(C)(C3CCC(O)CC3)C3CCC(O)CC3)C2)CC1C. The fraction of sp³-hybridized carbons (Fsp3) is 1.00. The van der Waals surface area contributed by atoms with Crippen LogP contribution in [0.1, 0.15) is 150 Å². The molecule has 0 spiro atoms. The van der Waals surface area contributed by atoms with E-state index in [4.69, 9.17) is 0 Å². The quantitative estimate of drug-likeness (QED) is 0.352. The van der Waals surface area contributed by atoms with Gasteiger partial charge in [0.25, 0.3) is 0 Å². The van der Waals surface area contributed by atoms with Crippen LogP contribution in [0.4, 0.5) is 0 Å². The van der Waals surface area contributed by atoms with Crippen molar-refractivity contribution in [3.63, 3.8) is 0 Å². The van der Waals surface area contributed by atoms with E-state index in [0.29, 0.717) is 5.41 Å². The maximum Gasteiger partial charge on any atom is 0.0540 e. The summed E-state index contributed by atoms with van der Waals surface area (Å²) in [5.41, 5.74) is 0.368. The Morgan fingerprint density at radius 2 is 0.897 bits per heavy atom. The average Bonchev–Trinajstić information content (AvgIpc) is 2.93. The van der Waals surface area contributed by atoms with Gasteiger partial charge in [0.2, 0.25) is 0 Å². The number of rotatable bonds is 6. The normalized spacial score (nSPS) is 48.0. The molecule has 5 saturated carbocycles. The lowest BCUT2D eigenvalue weighted by molar-refractivity contribution is -0.0814. The molecule has 5 rings (SSSR count). The highest BCUT2D eigenvalue weighted by atomic mass is 16.3. The molecule has 0 aromatic heterocycles. The highest BCUT2D eigenvalue weighted by molar-refractivity contribution is 5.02. The predicted octanol–water partition coefficient (Wildman–Crippen LogP) is 8.61. The Morgan fingerprint density at radius 3 is 1.33 bits per heavy atom. The zero-order chi connectivity index (χ0) is 27.7. The Bertz CT molecular complexity index is 705. The molecular weight excluding hydrogens is 478 g/mol. The van der Waals surface area contributed by atoms with Crippen LogP contribution in [-0.4, -0.2) is 45.4 Å². The Morgan fingerprint density at radius 1 is 0.462 bits per heavy atom. The van der Waals surface area contributed by atoms with Crippen molar-refractivity contribution < 1.29 is 10.2 Å². The van der Waals surface area contributed by atoms with Crippen LogP contribution in [-0.2, 0) is 0 Å². The third-order valence-corrected chi connectivity index (χ3v) is 14.1. The maximum atomic E-state index is 10.4. The predicted molar refractivity (Wildman–Crippen MR) is 164 cm³/mol. The van der Waals surface area contributed by atoms with Gasteiger partial charge in [-0.2, -0.15) is 0 Å². The van der Waals surface area contributed by atoms with E-state index in [9.17, 15) is 10.2 Å². The molecule has 39 heavy (non-hydrogen) atoms. The fourth-order valence-corrected chi connectivity index (χ4v) is 10.9. The van der Waals surface area contributed by atoms with Gasteiger partial charge in [0.15, 0.2) is 0 Å². The van der Waals surface area contributed by atoms with E-state index in [2.05, 4.69) is 39.5 Å². The van der Waals surface area contributed by atoms with E-state index in [-0.39, 0.29) is 12.2 Å². The zero-order valence-electron chi connectivity index (χ0n) is 26.5. The van der Waals surface area contributed by atoms with Gasteiger partial charge in [0.05, 0.1) is 12.2 Å². The van der Waals surface area contributed by atoms with E-state index in [1.54, 1.807) is 0 Å². The summed E-state index contributed by atoms with van der Waals surface area (Å²) in [6, 6.07) is 2.36. The summed E-state index contributed by atoms with van der Waals surface area (Å²) in [7, 11) is 0. The molecule has 3 nitrogen and oxygen atoms in total. The van der Waals surface area contributed by atoms with Crippen LogP contribution in [0.2, 0.25) is 0 Å². The van der Waals surface area contributed by atoms with Crippen molar-refractivity contribution in [2.24, 2.45) is 46.8 Å². The first kappa shape index (κ1) is 30.3. The molecule has 5 aliphatic carbocycles. The third kappa shape index (κ3) is 6.61. The van der Waals surface area contributed by atoms with E-state index in [1.807, 2.05) is 0 Å². The Labute approximate surface area is 242 Å². The number of hydrogen-bond donors (Lipinski definition) is 2. The minimum atomic E-state index is -0.0698. The molecule has 0 saturated heterocycles. The molecule has 0 heterocycles. The molecule has 5 aliphatic rings. The minimum Gasteiger partial charge on any atom is -0.393 e. The van der Waals surface area contributed by atoms with Crippen molar-refractivity contribution in [1.29, 1.82) is 0 Å². The van der Waals surface area contributed by atoms with Gasteiger partial charge in [-0.05, 0) is 156 Å². The van der Waals surface area contributed by atoms with Crippen molar-refractivity contribution in [3.8, 4) is 0 Å². The van der Waals surface area contributed by atoms with Gasteiger partial charge in [0, 0.05) is 18.1 Å². The molecule has 5 fully saturated rings. The van der Waals surface area contributed by atoms with Crippen LogP contribution >= 0.6 is 0 Å².